The molecule has 0 aromatic heterocycles. The van der Waals surface area contributed by atoms with Crippen molar-refractivity contribution in [1.82, 2.24) is 5.32 Å². The fraction of sp³-hybridized carbons (Fsp3) is 0.500. The summed E-state index contributed by atoms with van der Waals surface area (Å²) in [6, 6.07) is -0.847. The van der Waals surface area contributed by atoms with Gasteiger partial charge in [-0.2, -0.15) is 0 Å². The Labute approximate surface area is 71.3 Å². The van der Waals surface area contributed by atoms with E-state index in [4.69, 9.17) is 5.11 Å². The molecule has 1 amide bonds. The highest BCUT2D eigenvalue weighted by Crippen LogP contribution is 2.01. The van der Waals surface area contributed by atoms with E-state index in [0.29, 0.717) is 0 Å². The van der Waals surface area contributed by atoms with E-state index < -0.39 is 12.0 Å². The first kappa shape index (κ1) is 10.7. The summed E-state index contributed by atoms with van der Waals surface area (Å²) < 4.78 is 0. The van der Waals surface area contributed by atoms with Crippen molar-refractivity contribution in [2.75, 3.05) is 0 Å². The summed E-state index contributed by atoms with van der Waals surface area (Å²) >= 11 is 0. The summed E-state index contributed by atoms with van der Waals surface area (Å²) in [5.41, 5.74) is 0.733. The number of carbonyl (C=O) groups is 2. The number of hydrogen-bond donors (Lipinski definition) is 2. The van der Waals surface area contributed by atoms with Crippen LogP contribution in [0, 0.1) is 0 Å². The predicted molar refractivity (Wildman–Crippen MR) is 44.7 cm³/mol. The maximum atomic E-state index is 10.5. The maximum absolute atomic E-state index is 10.5. The quantitative estimate of drug-likeness (QED) is 0.607. The van der Waals surface area contributed by atoms with E-state index in [1.54, 1.807) is 6.92 Å². The van der Waals surface area contributed by atoms with Crippen LogP contribution in [0.5, 0.6) is 0 Å². The summed E-state index contributed by atoms with van der Waals surface area (Å²) in [4.78, 5) is 21.1. The molecule has 0 fully saturated rings. The summed E-state index contributed by atoms with van der Waals surface area (Å²) in [7, 11) is 0. The average molecular weight is 171 g/mol. The minimum Gasteiger partial charge on any atom is -0.480 e. The zero-order chi connectivity index (χ0) is 9.72. The molecule has 12 heavy (non-hydrogen) atoms. The van der Waals surface area contributed by atoms with Crippen molar-refractivity contribution < 1.29 is 14.7 Å². The van der Waals surface area contributed by atoms with Crippen LogP contribution in [-0.4, -0.2) is 23.0 Å². The summed E-state index contributed by atoms with van der Waals surface area (Å²) in [5.74, 6) is -1.38. The zero-order valence-corrected chi connectivity index (χ0v) is 7.26. The van der Waals surface area contributed by atoms with E-state index in [1.165, 1.54) is 6.92 Å². The first-order valence-electron chi connectivity index (χ1n) is 3.57. The monoisotopic (exact) mass is 171 g/mol. The number of carboxylic acids is 1. The van der Waals surface area contributed by atoms with Gasteiger partial charge < -0.3 is 10.4 Å². The molecule has 0 aliphatic rings. The molecule has 0 rings (SSSR count). The molecule has 2 N–H and O–H groups in total. The third-order valence-corrected chi connectivity index (χ3v) is 1.23. The van der Waals surface area contributed by atoms with Gasteiger partial charge in [0.05, 0.1) is 0 Å². The molecule has 0 saturated heterocycles. The third-order valence-electron chi connectivity index (χ3n) is 1.23. The lowest BCUT2D eigenvalue weighted by Gasteiger charge is -2.12. The van der Waals surface area contributed by atoms with Crippen LogP contribution in [0.3, 0.4) is 0 Å². The van der Waals surface area contributed by atoms with Crippen molar-refractivity contribution in [1.29, 1.82) is 0 Å². The molecule has 1 atom stereocenters. The lowest BCUT2D eigenvalue weighted by Crippen LogP contribution is -2.39. The van der Waals surface area contributed by atoms with Crippen molar-refractivity contribution in [2.24, 2.45) is 0 Å². The smallest absolute Gasteiger partial charge is 0.326 e. The van der Waals surface area contributed by atoms with Crippen molar-refractivity contribution in [3.63, 3.8) is 0 Å². The molecule has 1 unspecified atom stereocenters. The van der Waals surface area contributed by atoms with Gasteiger partial charge in [-0.3, -0.25) is 4.79 Å². The third kappa shape index (κ3) is 4.49. The van der Waals surface area contributed by atoms with Gasteiger partial charge in [0.1, 0.15) is 6.04 Å². The first-order chi connectivity index (χ1) is 5.43. The molecule has 0 aliphatic heterocycles. The molecule has 0 aromatic carbocycles. The Bertz CT molecular complexity index is 194. The van der Waals surface area contributed by atoms with Gasteiger partial charge in [-0.15, -0.1) is 6.58 Å². The molecule has 0 aromatic rings. The zero-order valence-electron chi connectivity index (χ0n) is 7.26. The van der Waals surface area contributed by atoms with E-state index in [2.05, 4.69) is 11.9 Å². The van der Waals surface area contributed by atoms with Crippen LogP contribution in [0.15, 0.2) is 12.2 Å². The topological polar surface area (TPSA) is 66.4 Å². The molecule has 68 valence electrons. The highest BCUT2D eigenvalue weighted by atomic mass is 16.4. The van der Waals surface area contributed by atoms with E-state index >= 15 is 0 Å². The molecule has 0 bridgehead atoms. The number of aliphatic carboxylic acids is 1. The van der Waals surface area contributed by atoms with Crippen LogP contribution in [0.1, 0.15) is 20.3 Å². The van der Waals surface area contributed by atoms with Crippen molar-refractivity contribution in [3.8, 4) is 0 Å². The van der Waals surface area contributed by atoms with Gasteiger partial charge in [-0.1, -0.05) is 5.57 Å². The molecule has 4 heteroatoms. The Kier molecular flexibility index (Phi) is 4.04. The molecular weight excluding hydrogens is 158 g/mol. The normalized spacial score (nSPS) is 11.8. The SMILES string of the molecule is C=C(C)CC(NC(C)=O)C(=O)O. The minimum absolute atomic E-state index is 0.273. The summed E-state index contributed by atoms with van der Waals surface area (Å²) in [6.07, 6.45) is 0.273. The molecule has 0 saturated carbocycles. The Morgan fingerprint density at radius 3 is 2.25 bits per heavy atom. The highest BCUT2D eigenvalue weighted by Gasteiger charge is 2.17. The number of amides is 1. The van der Waals surface area contributed by atoms with E-state index in [9.17, 15) is 9.59 Å². The summed E-state index contributed by atoms with van der Waals surface area (Å²) in [6.45, 7) is 6.58. The van der Waals surface area contributed by atoms with Gasteiger partial charge in [-0.25, -0.2) is 4.79 Å². The van der Waals surface area contributed by atoms with Gasteiger partial charge in [0, 0.05) is 6.92 Å². The second-order valence-corrected chi connectivity index (χ2v) is 2.75. The average Bonchev–Trinajstić information content (AvgIpc) is 1.83. The number of nitrogens with one attached hydrogen (secondary N) is 1. The molecule has 4 nitrogen and oxygen atoms in total. The van der Waals surface area contributed by atoms with Crippen molar-refractivity contribution in [2.45, 2.75) is 26.3 Å². The highest BCUT2D eigenvalue weighted by molar-refractivity contribution is 5.82. The molecule has 0 aliphatic carbocycles. The largest absolute Gasteiger partial charge is 0.480 e. The lowest BCUT2D eigenvalue weighted by molar-refractivity contribution is -0.141. The van der Waals surface area contributed by atoms with Crippen LogP contribution in [0.4, 0.5) is 0 Å². The lowest BCUT2D eigenvalue weighted by atomic mass is 10.1. The van der Waals surface area contributed by atoms with E-state index in [-0.39, 0.29) is 12.3 Å². The Hall–Kier alpha value is -1.32. The Morgan fingerprint density at radius 2 is 2.00 bits per heavy atom. The van der Waals surface area contributed by atoms with Gasteiger partial charge in [0.15, 0.2) is 0 Å². The number of hydrogen-bond acceptors (Lipinski definition) is 2. The van der Waals surface area contributed by atoms with Gasteiger partial charge in [0.25, 0.3) is 0 Å². The minimum atomic E-state index is -1.03. The van der Waals surface area contributed by atoms with Gasteiger partial charge in [0.2, 0.25) is 5.91 Å². The van der Waals surface area contributed by atoms with E-state index in [0.717, 1.165) is 5.57 Å². The fourth-order valence-corrected chi connectivity index (χ4v) is 0.794. The predicted octanol–water partition coefficient (Wildman–Crippen LogP) is 0.542. The van der Waals surface area contributed by atoms with Gasteiger partial charge >= 0.3 is 5.97 Å². The van der Waals surface area contributed by atoms with Crippen molar-refractivity contribution >= 4 is 11.9 Å². The second-order valence-electron chi connectivity index (χ2n) is 2.75. The first-order valence-corrected chi connectivity index (χ1v) is 3.57. The number of carboxylic acid groups (broad SMARTS) is 1. The Morgan fingerprint density at radius 1 is 1.50 bits per heavy atom. The van der Waals surface area contributed by atoms with Crippen LogP contribution >= 0.6 is 0 Å². The molecule has 0 spiro atoms. The molecular formula is C8H13NO3. The molecule has 0 radical (unpaired) electrons. The van der Waals surface area contributed by atoms with Gasteiger partial charge in [-0.05, 0) is 13.3 Å². The van der Waals surface area contributed by atoms with Crippen LogP contribution < -0.4 is 5.32 Å². The number of carbonyl (C=O) groups excluding carboxylic acids is 1. The number of rotatable bonds is 4. The van der Waals surface area contributed by atoms with Crippen LogP contribution in [0.2, 0.25) is 0 Å². The van der Waals surface area contributed by atoms with Crippen LogP contribution in [0.25, 0.3) is 0 Å². The van der Waals surface area contributed by atoms with Crippen LogP contribution in [-0.2, 0) is 9.59 Å². The van der Waals surface area contributed by atoms with E-state index in [1.807, 2.05) is 0 Å². The van der Waals surface area contributed by atoms with Crippen molar-refractivity contribution in [3.05, 3.63) is 12.2 Å². The molecule has 0 heterocycles. The second kappa shape index (κ2) is 4.54. The maximum Gasteiger partial charge on any atom is 0.326 e. The summed E-state index contributed by atoms with van der Waals surface area (Å²) in [5, 5.41) is 10.9. The standard InChI is InChI=1S/C8H13NO3/c1-5(2)4-7(8(11)12)9-6(3)10/h7H,1,4H2,2-3H3,(H,9,10)(H,11,12). The Balaban J connectivity index is 4.14. The fourth-order valence-electron chi connectivity index (χ4n) is 0.794.